The van der Waals surface area contributed by atoms with Gasteiger partial charge in [-0.05, 0) is 90.5 Å². The van der Waals surface area contributed by atoms with Gasteiger partial charge in [0.05, 0.1) is 6.10 Å². The Morgan fingerprint density at radius 3 is 1.96 bits per heavy atom. The first kappa shape index (κ1) is 44.6. The maximum atomic E-state index is 14.2. The number of nitrogens with two attached hydrogens (primary N) is 1. The Balaban J connectivity index is 1.70. The quantitative estimate of drug-likeness (QED) is 0.0899. The second-order valence-electron chi connectivity index (χ2n) is 15.3. The van der Waals surface area contributed by atoms with E-state index in [1.807, 2.05) is 6.92 Å². The van der Waals surface area contributed by atoms with Gasteiger partial charge in [0.1, 0.15) is 36.3 Å². The number of carbonyl (C=O) groups is 7. The average molecular weight is 763 g/mol. The van der Waals surface area contributed by atoms with Gasteiger partial charge in [-0.1, -0.05) is 39.0 Å². The lowest BCUT2D eigenvalue weighted by molar-refractivity contribution is -0.147. The molecule has 306 valence electrons. The van der Waals surface area contributed by atoms with Crippen molar-refractivity contribution >= 4 is 41.4 Å². The number of aliphatic hydroxyl groups excluding tert-OH is 1. The van der Waals surface area contributed by atoms with E-state index in [0.29, 0.717) is 89.8 Å². The predicted octanol–water partition coefficient (Wildman–Crippen LogP) is 0.344. The van der Waals surface area contributed by atoms with Gasteiger partial charge in [0.2, 0.25) is 41.4 Å². The first-order valence-electron chi connectivity index (χ1n) is 20.2. The summed E-state index contributed by atoms with van der Waals surface area (Å²) in [4.78, 5) is 96.3. The van der Waals surface area contributed by atoms with Crippen molar-refractivity contribution < 1.29 is 38.7 Å². The van der Waals surface area contributed by atoms with E-state index < -0.39 is 77.8 Å². The molecule has 0 aromatic heterocycles. The first-order chi connectivity index (χ1) is 25.8. The number of hydrogen-bond acceptors (Lipinski definition) is 9. The minimum atomic E-state index is -1.19. The van der Waals surface area contributed by atoms with E-state index in [1.165, 1.54) is 30.6 Å². The van der Waals surface area contributed by atoms with Crippen LogP contribution in [0.15, 0.2) is 0 Å². The van der Waals surface area contributed by atoms with Crippen molar-refractivity contribution in [3.63, 3.8) is 0 Å². The molecule has 16 nitrogen and oxygen atoms in total. The number of nitrogens with one attached hydrogen (secondary N) is 5. The van der Waals surface area contributed by atoms with Gasteiger partial charge < -0.3 is 47.2 Å². The van der Waals surface area contributed by atoms with Crippen molar-refractivity contribution in [3.8, 4) is 0 Å². The Kier molecular flexibility index (Phi) is 18.6. The molecular formula is C38H66N8O8. The molecule has 7 atom stereocenters. The van der Waals surface area contributed by atoms with Crippen LogP contribution in [0.5, 0.6) is 0 Å². The molecule has 0 spiro atoms. The number of piperidine rings is 1. The van der Waals surface area contributed by atoms with Crippen LogP contribution >= 0.6 is 0 Å². The number of carbonyl (C=O) groups excluding carboxylic acids is 7. The zero-order valence-electron chi connectivity index (χ0n) is 32.8. The molecular weight excluding hydrogens is 696 g/mol. The smallest absolute Gasteiger partial charge is 0.245 e. The molecule has 3 fully saturated rings. The van der Waals surface area contributed by atoms with Gasteiger partial charge in [-0.3, -0.25) is 33.6 Å². The Labute approximate surface area is 320 Å². The number of likely N-dealkylation sites (tertiary alicyclic amines) is 2. The summed E-state index contributed by atoms with van der Waals surface area (Å²) in [5, 5.41) is 23.9. The van der Waals surface area contributed by atoms with E-state index in [-0.39, 0.29) is 12.5 Å². The SMILES string of the molecule is CCCNC(=O)[C@@H](NC(=O)[C@@H]1CCCN1C(=O)[C@H](C)NC(=O)[C@@H]1CCCCN1C(=O)[C@H](CCCCN)NC(=O)[C@H](CC1CCCCC1)NC(C)=O)[C@@H](C)O. The van der Waals surface area contributed by atoms with E-state index >= 15 is 0 Å². The van der Waals surface area contributed by atoms with Crippen molar-refractivity contribution in [3.05, 3.63) is 0 Å². The summed E-state index contributed by atoms with van der Waals surface area (Å²) in [7, 11) is 0. The lowest BCUT2D eigenvalue weighted by atomic mass is 9.84. The van der Waals surface area contributed by atoms with Gasteiger partial charge in [-0.15, -0.1) is 0 Å². The van der Waals surface area contributed by atoms with Crippen molar-refractivity contribution in [2.45, 2.75) is 166 Å². The van der Waals surface area contributed by atoms with Crippen LogP contribution in [0.25, 0.3) is 0 Å². The summed E-state index contributed by atoms with van der Waals surface area (Å²) in [5.74, 6) is -2.92. The third-order valence-electron chi connectivity index (χ3n) is 10.8. The molecule has 3 rings (SSSR count). The molecule has 0 bridgehead atoms. The lowest BCUT2D eigenvalue weighted by Crippen LogP contribution is -2.61. The van der Waals surface area contributed by atoms with Crippen molar-refractivity contribution in [2.24, 2.45) is 11.7 Å². The van der Waals surface area contributed by atoms with E-state index in [4.69, 9.17) is 5.73 Å². The van der Waals surface area contributed by atoms with Crippen molar-refractivity contribution in [1.82, 2.24) is 36.4 Å². The average Bonchev–Trinajstić information content (AvgIpc) is 3.65. The Hall–Kier alpha value is -3.79. The van der Waals surface area contributed by atoms with Gasteiger partial charge in [0.25, 0.3) is 0 Å². The molecule has 0 aromatic rings. The summed E-state index contributed by atoms with van der Waals surface area (Å²) in [6.07, 6.45) is 9.44. The van der Waals surface area contributed by atoms with Crippen LogP contribution in [0.3, 0.4) is 0 Å². The molecule has 1 saturated carbocycles. The molecule has 8 N–H and O–H groups in total. The minimum absolute atomic E-state index is 0.275. The zero-order valence-corrected chi connectivity index (χ0v) is 32.8. The fraction of sp³-hybridized carbons (Fsp3) is 0.816. The molecule has 1 aliphatic carbocycles. The molecule has 0 unspecified atom stereocenters. The summed E-state index contributed by atoms with van der Waals surface area (Å²) >= 11 is 0. The van der Waals surface area contributed by atoms with E-state index in [0.717, 1.165) is 32.1 Å². The Morgan fingerprint density at radius 2 is 1.33 bits per heavy atom. The minimum Gasteiger partial charge on any atom is -0.391 e. The highest BCUT2D eigenvalue weighted by molar-refractivity contribution is 5.97. The number of rotatable bonds is 19. The fourth-order valence-corrected chi connectivity index (χ4v) is 7.86. The second kappa shape index (κ2) is 22.6. The highest BCUT2D eigenvalue weighted by Gasteiger charge is 2.41. The molecule has 0 aromatic carbocycles. The predicted molar refractivity (Wildman–Crippen MR) is 202 cm³/mol. The van der Waals surface area contributed by atoms with Crippen molar-refractivity contribution in [1.29, 1.82) is 0 Å². The normalized spacial score (nSPS) is 21.9. The summed E-state index contributed by atoms with van der Waals surface area (Å²) in [5.41, 5.74) is 5.74. The molecule has 16 heteroatoms. The first-order valence-corrected chi connectivity index (χ1v) is 20.2. The lowest BCUT2D eigenvalue weighted by Gasteiger charge is -2.38. The van der Waals surface area contributed by atoms with Gasteiger partial charge in [0.15, 0.2) is 0 Å². The van der Waals surface area contributed by atoms with Crippen molar-refractivity contribution in [2.75, 3.05) is 26.2 Å². The van der Waals surface area contributed by atoms with Crippen LogP contribution in [-0.2, 0) is 33.6 Å². The summed E-state index contributed by atoms with van der Waals surface area (Å²) in [6.45, 7) is 7.56. The van der Waals surface area contributed by atoms with Crippen LogP contribution in [0.2, 0.25) is 0 Å². The third-order valence-corrected chi connectivity index (χ3v) is 10.8. The van der Waals surface area contributed by atoms with Gasteiger partial charge in [-0.2, -0.15) is 0 Å². The number of nitrogens with zero attached hydrogens (tertiary/aromatic N) is 2. The number of amides is 7. The topological polar surface area (TPSA) is 232 Å². The molecule has 54 heavy (non-hydrogen) atoms. The molecule has 2 heterocycles. The second-order valence-corrected chi connectivity index (χ2v) is 15.3. The maximum Gasteiger partial charge on any atom is 0.245 e. The van der Waals surface area contributed by atoms with Crippen LogP contribution in [0.1, 0.15) is 124 Å². The zero-order chi connectivity index (χ0) is 39.8. The number of aliphatic hydroxyl groups is 1. The monoisotopic (exact) mass is 763 g/mol. The fourth-order valence-electron chi connectivity index (χ4n) is 7.86. The largest absolute Gasteiger partial charge is 0.391 e. The van der Waals surface area contributed by atoms with Crippen LogP contribution in [-0.4, -0.2) is 125 Å². The van der Waals surface area contributed by atoms with Gasteiger partial charge >= 0.3 is 0 Å². The molecule has 7 amide bonds. The number of hydrogen-bond donors (Lipinski definition) is 7. The highest BCUT2D eigenvalue weighted by atomic mass is 16.3. The molecule has 0 radical (unpaired) electrons. The maximum absolute atomic E-state index is 14.2. The van der Waals surface area contributed by atoms with E-state index in [2.05, 4.69) is 26.6 Å². The number of unbranched alkanes of at least 4 members (excludes halogenated alkanes) is 1. The molecule has 3 aliphatic rings. The molecule has 2 saturated heterocycles. The van der Waals surface area contributed by atoms with Crippen LogP contribution < -0.4 is 32.3 Å². The van der Waals surface area contributed by atoms with Gasteiger partial charge in [0, 0.05) is 26.6 Å². The summed E-state index contributed by atoms with van der Waals surface area (Å²) in [6, 6.07) is -5.70. The van der Waals surface area contributed by atoms with Gasteiger partial charge in [-0.25, -0.2) is 0 Å². The highest BCUT2D eigenvalue weighted by Crippen LogP contribution is 2.28. The van der Waals surface area contributed by atoms with Crippen LogP contribution in [0.4, 0.5) is 0 Å². The van der Waals surface area contributed by atoms with E-state index in [1.54, 1.807) is 0 Å². The Bertz CT molecular complexity index is 1290. The molecule has 2 aliphatic heterocycles. The third kappa shape index (κ3) is 13.2. The van der Waals surface area contributed by atoms with Crippen LogP contribution in [0, 0.1) is 5.92 Å². The standard InChI is InChI=1S/C38H66N8O8/c1-5-20-40-36(52)32(25(3)47)44-35(51)31-18-13-22-45(31)37(53)24(2)41-34(50)30-17-10-12-21-46(30)38(54)28(16-9-11-19-39)43-33(49)29(42-26(4)48)23-27-14-7-6-8-15-27/h24-25,27-32,47H,5-23,39H2,1-4H3,(H,40,52)(H,41,50)(H,42,48)(H,43,49)(H,44,51)/t24-,25+,28-,29-,30-,31-,32-/m0/s1. The Morgan fingerprint density at radius 1 is 0.722 bits per heavy atom. The van der Waals surface area contributed by atoms with E-state index in [9.17, 15) is 38.7 Å². The summed E-state index contributed by atoms with van der Waals surface area (Å²) < 4.78 is 0.